The molecule has 4 N–H and O–H groups in total. The van der Waals surface area contributed by atoms with Crippen molar-refractivity contribution >= 4 is 23.9 Å². The Morgan fingerprint density at radius 3 is 2.00 bits per heavy atom. The minimum atomic E-state index is -2.21. The Hall–Kier alpha value is -2.38. The molecule has 2 unspecified atom stereocenters. The number of carboxylic acids is 4. The predicted molar refractivity (Wildman–Crippen MR) is 63.0 cm³/mol. The van der Waals surface area contributed by atoms with Gasteiger partial charge < -0.3 is 20.4 Å². The molecule has 1 rings (SSSR count). The molecule has 8 nitrogen and oxygen atoms in total. The van der Waals surface area contributed by atoms with Crippen LogP contribution in [0.2, 0.25) is 0 Å². The van der Waals surface area contributed by atoms with Crippen LogP contribution < -0.4 is 0 Å². The van der Waals surface area contributed by atoms with Crippen molar-refractivity contribution in [3.05, 3.63) is 11.6 Å². The molecule has 0 aromatic heterocycles. The maximum atomic E-state index is 11.6. The topological polar surface area (TPSA) is 149 Å². The molecule has 0 radical (unpaired) electrons. The number of hydrogen-bond acceptors (Lipinski definition) is 4. The van der Waals surface area contributed by atoms with Crippen LogP contribution in [0.15, 0.2) is 11.6 Å². The Kier molecular flexibility index (Phi) is 4.49. The number of carbonyl (C=O) groups is 4. The maximum Gasteiger partial charge on any atom is 0.333 e. The van der Waals surface area contributed by atoms with Crippen LogP contribution in [0.3, 0.4) is 0 Å². The van der Waals surface area contributed by atoms with E-state index in [2.05, 4.69) is 0 Å². The van der Waals surface area contributed by atoms with Crippen LogP contribution >= 0.6 is 0 Å². The highest BCUT2D eigenvalue weighted by Crippen LogP contribution is 2.47. The zero-order valence-corrected chi connectivity index (χ0v) is 10.4. The molecule has 1 aliphatic carbocycles. The van der Waals surface area contributed by atoms with Crippen molar-refractivity contribution in [2.24, 2.45) is 11.3 Å². The summed E-state index contributed by atoms with van der Waals surface area (Å²) >= 11 is 0. The highest BCUT2D eigenvalue weighted by Gasteiger charge is 2.55. The molecular weight excluding hydrogens is 272 g/mol. The fourth-order valence-electron chi connectivity index (χ4n) is 2.71. The standard InChI is InChI=1S/C12H14O8/c13-8(14)5-7(10(17)18)12(11(19)20)4-2-1-3-6(12)9(15)16/h5-6H,1-4H2,(H,13,14)(H,15,16)(H,17,18)(H,19,20). The van der Waals surface area contributed by atoms with Gasteiger partial charge in [0.2, 0.25) is 0 Å². The highest BCUT2D eigenvalue weighted by molar-refractivity contribution is 6.03. The highest BCUT2D eigenvalue weighted by atomic mass is 16.4. The van der Waals surface area contributed by atoms with E-state index in [9.17, 15) is 24.3 Å². The van der Waals surface area contributed by atoms with E-state index in [4.69, 9.17) is 15.3 Å². The van der Waals surface area contributed by atoms with Gasteiger partial charge in [-0.05, 0) is 12.8 Å². The van der Waals surface area contributed by atoms with Gasteiger partial charge in [0.15, 0.2) is 0 Å². The van der Waals surface area contributed by atoms with Crippen molar-refractivity contribution in [1.29, 1.82) is 0 Å². The number of aliphatic carboxylic acids is 4. The monoisotopic (exact) mass is 286 g/mol. The van der Waals surface area contributed by atoms with Gasteiger partial charge in [0.1, 0.15) is 5.41 Å². The quantitative estimate of drug-likeness (QED) is 0.531. The first-order chi connectivity index (χ1) is 9.23. The van der Waals surface area contributed by atoms with Gasteiger partial charge in [-0.3, -0.25) is 9.59 Å². The van der Waals surface area contributed by atoms with Gasteiger partial charge in [-0.1, -0.05) is 12.8 Å². The lowest BCUT2D eigenvalue weighted by molar-refractivity contribution is -0.164. The molecule has 0 aromatic carbocycles. The van der Waals surface area contributed by atoms with Gasteiger partial charge in [-0.25, -0.2) is 9.59 Å². The lowest BCUT2D eigenvalue weighted by Crippen LogP contribution is -2.48. The second kappa shape index (κ2) is 5.72. The average Bonchev–Trinajstić information content (AvgIpc) is 2.34. The largest absolute Gasteiger partial charge is 0.481 e. The molecule has 110 valence electrons. The van der Waals surface area contributed by atoms with E-state index >= 15 is 0 Å². The van der Waals surface area contributed by atoms with E-state index in [1.807, 2.05) is 0 Å². The SMILES string of the molecule is O=C(O)C=C(C(=O)O)C1(C(=O)O)CCCCC1C(=O)O. The summed E-state index contributed by atoms with van der Waals surface area (Å²) in [6, 6.07) is 0. The third kappa shape index (κ3) is 2.63. The summed E-state index contributed by atoms with van der Waals surface area (Å²) in [5.41, 5.74) is -3.11. The van der Waals surface area contributed by atoms with Crippen molar-refractivity contribution in [3.63, 3.8) is 0 Å². The van der Waals surface area contributed by atoms with E-state index in [-0.39, 0.29) is 18.9 Å². The minimum absolute atomic E-state index is 0.00806. The molecule has 8 heteroatoms. The van der Waals surface area contributed by atoms with Gasteiger partial charge in [0, 0.05) is 6.08 Å². The van der Waals surface area contributed by atoms with Gasteiger partial charge in [-0.15, -0.1) is 0 Å². The summed E-state index contributed by atoms with van der Waals surface area (Å²) in [4.78, 5) is 44.8. The summed E-state index contributed by atoms with van der Waals surface area (Å²) < 4.78 is 0. The fraction of sp³-hybridized carbons (Fsp3) is 0.500. The van der Waals surface area contributed by atoms with Crippen LogP contribution in [0.1, 0.15) is 25.7 Å². The fourth-order valence-corrected chi connectivity index (χ4v) is 2.71. The van der Waals surface area contributed by atoms with Crippen LogP contribution in [-0.4, -0.2) is 44.3 Å². The first kappa shape index (κ1) is 15.7. The van der Waals surface area contributed by atoms with Gasteiger partial charge >= 0.3 is 23.9 Å². The van der Waals surface area contributed by atoms with Crippen LogP contribution in [-0.2, 0) is 19.2 Å². The summed E-state index contributed by atoms with van der Waals surface area (Å²) in [6.07, 6.45) is 0.820. The zero-order chi connectivity index (χ0) is 15.5. The molecule has 0 amide bonds. The Morgan fingerprint density at radius 2 is 1.60 bits per heavy atom. The van der Waals surface area contributed by atoms with E-state index in [0.29, 0.717) is 12.8 Å². The van der Waals surface area contributed by atoms with E-state index < -0.39 is 40.8 Å². The van der Waals surface area contributed by atoms with Crippen molar-refractivity contribution in [1.82, 2.24) is 0 Å². The lowest BCUT2D eigenvalue weighted by atomic mass is 9.62. The summed E-state index contributed by atoms with van der Waals surface area (Å²) in [5.74, 6) is -7.89. The van der Waals surface area contributed by atoms with Gasteiger partial charge in [-0.2, -0.15) is 0 Å². The molecule has 1 fully saturated rings. The van der Waals surface area contributed by atoms with E-state index in [1.165, 1.54) is 0 Å². The van der Waals surface area contributed by atoms with Crippen molar-refractivity contribution in [2.75, 3.05) is 0 Å². The molecule has 0 heterocycles. The predicted octanol–water partition coefficient (Wildman–Crippen LogP) is 0.428. The van der Waals surface area contributed by atoms with Crippen LogP contribution in [0.4, 0.5) is 0 Å². The molecule has 2 atom stereocenters. The van der Waals surface area contributed by atoms with Crippen molar-refractivity contribution in [3.8, 4) is 0 Å². The van der Waals surface area contributed by atoms with Crippen LogP contribution in [0, 0.1) is 11.3 Å². The second-order valence-electron chi connectivity index (χ2n) is 4.61. The molecular formula is C12H14O8. The smallest absolute Gasteiger partial charge is 0.333 e. The summed E-state index contributed by atoms with van der Waals surface area (Å²) in [6.45, 7) is 0. The molecule has 0 spiro atoms. The zero-order valence-electron chi connectivity index (χ0n) is 10.4. The normalized spacial score (nSPS) is 26.8. The molecule has 0 saturated heterocycles. The van der Waals surface area contributed by atoms with Crippen LogP contribution in [0.25, 0.3) is 0 Å². The van der Waals surface area contributed by atoms with Gasteiger partial charge in [0.05, 0.1) is 11.5 Å². The molecule has 0 bridgehead atoms. The average molecular weight is 286 g/mol. The van der Waals surface area contributed by atoms with Crippen molar-refractivity contribution < 1.29 is 39.6 Å². The number of rotatable bonds is 5. The Labute approximate surface area is 113 Å². The third-order valence-corrected chi connectivity index (χ3v) is 3.57. The molecule has 1 aliphatic rings. The second-order valence-corrected chi connectivity index (χ2v) is 4.61. The molecule has 20 heavy (non-hydrogen) atoms. The molecule has 0 aromatic rings. The van der Waals surface area contributed by atoms with Gasteiger partial charge in [0.25, 0.3) is 0 Å². The summed E-state index contributed by atoms with van der Waals surface area (Å²) in [5, 5.41) is 36.3. The third-order valence-electron chi connectivity index (χ3n) is 3.57. The maximum absolute atomic E-state index is 11.6. The van der Waals surface area contributed by atoms with Crippen molar-refractivity contribution in [2.45, 2.75) is 25.7 Å². The Balaban J connectivity index is 3.52. The Bertz CT molecular complexity index is 492. The van der Waals surface area contributed by atoms with E-state index in [1.54, 1.807) is 0 Å². The number of carboxylic acid groups (broad SMARTS) is 4. The number of hydrogen-bond donors (Lipinski definition) is 4. The first-order valence-electron chi connectivity index (χ1n) is 5.88. The lowest BCUT2D eigenvalue weighted by Gasteiger charge is -2.38. The molecule has 0 aliphatic heterocycles. The first-order valence-corrected chi connectivity index (χ1v) is 5.88. The minimum Gasteiger partial charge on any atom is -0.481 e. The molecule has 1 saturated carbocycles. The summed E-state index contributed by atoms with van der Waals surface area (Å²) in [7, 11) is 0. The Morgan fingerprint density at radius 1 is 1.00 bits per heavy atom. The van der Waals surface area contributed by atoms with Crippen LogP contribution in [0.5, 0.6) is 0 Å². The van der Waals surface area contributed by atoms with E-state index in [0.717, 1.165) is 0 Å².